The van der Waals surface area contributed by atoms with Crippen molar-refractivity contribution >= 4 is 33.2 Å². The molecule has 7 heteroatoms. The molecule has 0 aliphatic heterocycles. The SMILES string of the molecule is Cn1cc(N)c(C(=O)Nc2cc(Br)ccc2F)n1. The number of benzene rings is 1. The van der Waals surface area contributed by atoms with Crippen molar-refractivity contribution in [3.8, 4) is 0 Å². The minimum absolute atomic E-state index is 0.0666. The molecule has 0 atom stereocenters. The molecule has 0 aliphatic carbocycles. The standard InChI is InChI=1S/C11H10BrFN4O/c1-17-5-8(14)10(16-17)11(18)15-9-4-6(12)2-3-7(9)13/h2-5H,14H2,1H3,(H,15,18). The molecule has 0 radical (unpaired) electrons. The summed E-state index contributed by atoms with van der Waals surface area (Å²) in [5, 5.41) is 6.33. The second-order valence-corrected chi connectivity index (χ2v) is 4.60. The second kappa shape index (κ2) is 4.77. The average molecular weight is 313 g/mol. The number of aryl methyl sites for hydroxylation is 1. The summed E-state index contributed by atoms with van der Waals surface area (Å²) in [7, 11) is 1.65. The number of carbonyl (C=O) groups is 1. The van der Waals surface area contributed by atoms with Gasteiger partial charge in [0.2, 0.25) is 0 Å². The van der Waals surface area contributed by atoms with Crippen molar-refractivity contribution in [1.82, 2.24) is 9.78 Å². The zero-order valence-corrected chi connectivity index (χ0v) is 11.0. The lowest BCUT2D eigenvalue weighted by molar-refractivity contribution is 0.102. The van der Waals surface area contributed by atoms with Crippen LogP contribution in [-0.2, 0) is 7.05 Å². The lowest BCUT2D eigenvalue weighted by Crippen LogP contribution is -2.15. The van der Waals surface area contributed by atoms with E-state index in [1.54, 1.807) is 13.1 Å². The van der Waals surface area contributed by atoms with Crippen LogP contribution in [0.3, 0.4) is 0 Å². The fourth-order valence-electron chi connectivity index (χ4n) is 1.46. The van der Waals surface area contributed by atoms with Gasteiger partial charge in [0.1, 0.15) is 5.82 Å². The molecule has 1 heterocycles. The highest BCUT2D eigenvalue weighted by Gasteiger charge is 2.15. The summed E-state index contributed by atoms with van der Waals surface area (Å²) in [6, 6.07) is 4.26. The first-order chi connectivity index (χ1) is 8.47. The maximum absolute atomic E-state index is 13.5. The molecular formula is C11H10BrFN4O. The lowest BCUT2D eigenvalue weighted by Gasteiger charge is -2.05. The number of hydrogen-bond acceptors (Lipinski definition) is 3. The number of amides is 1. The molecule has 0 aliphatic rings. The van der Waals surface area contributed by atoms with Gasteiger partial charge in [0.05, 0.1) is 11.4 Å². The van der Waals surface area contributed by atoms with Gasteiger partial charge in [0.25, 0.3) is 5.91 Å². The van der Waals surface area contributed by atoms with Crippen LogP contribution in [0.15, 0.2) is 28.9 Å². The van der Waals surface area contributed by atoms with E-state index in [1.165, 1.54) is 23.0 Å². The molecule has 1 amide bonds. The summed E-state index contributed by atoms with van der Waals surface area (Å²) in [4.78, 5) is 11.9. The van der Waals surface area contributed by atoms with Crippen molar-refractivity contribution in [2.75, 3.05) is 11.1 Å². The van der Waals surface area contributed by atoms with E-state index in [-0.39, 0.29) is 17.1 Å². The van der Waals surface area contributed by atoms with Gasteiger partial charge < -0.3 is 11.1 Å². The summed E-state index contributed by atoms with van der Waals surface area (Å²) >= 11 is 3.20. The minimum atomic E-state index is -0.551. The molecule has 1 aromatic carbocycles. The molecule has 2 aromatic rings. The van der Waals surface area contributed by atoms with Gasteiger partial charge in [-0.05, 0) is 18.2 Å². The minimum Gasteiger partial charge on any atom is -0.396 e. The Morgan fingerprint density at radius 3 is 2.89 bits per heavy atom. The third-order valence-electron chi connectivity index (χ3n) is 2.25. The van der Waals surface area contributed by atoms with Crippen LogP contribution in [0.5, 0.6) is 0 Å². The monoisotopic (exact) mass is 312 g/mol. The topological polar surface area (TPSA) is 72.9 Å². The Balaban J connectivity index is 2.26. The molecule has 94 valence electrons. The van der Waals surface area contributed by atoms with Crippen LogP contribution in [0, 0.1) is 5.82 Å². The van der Waals surface area contributed by atoms with Crippen LogP contribution < -0.4 is 11.1 Å². The van der Waals surface area contributed by atoms with Crippen LogP contribution >= 0.6 is 15.9 Å². The van der Waals surface area contributed by atoms with Gasteiger partial charge in [-0.1, -0.05) is 15.9 Å². The van der Waals surface area contributed by atoms with E-state index in [4.69, 9.17) is 5.73 Å². The van der Waals surface area contributed by atoms with Crippen molar-refractivity contribution < 1.29 is 9.18 Å². The van der Waals surface area contributed by atoms with Crippen LogP contribution in [0.4, 0.5) is 15.8 Å². The van der Waals surface area contributed by atoms with E-state index < -0.39 is 11.7 Å². The van der Waals surface area contributed by atoms with Crippen molar-refractivity contribution in [3.63, 3.8) is 0 Å². The van der Waals surface area contributed by atoms with Crippen LogP contribution in [0.2, 0.25) is 0 Å². The smallest absolute Gasteiger partial charge is 0.278 e. The van der Waals surface area contributed by atoms with Gasteiger partial charge in [-0.3, -0.25) is 9.48 Å². The van der Waals surface area contributed by atoms with Crippen molar-refractivity contribution in [1.29, 1.82) is 0 Å². The fourth-order valence-corrected chi connectivity index (χ4v) is 1.82. The quantitative estimate of drug-likeness (QED) is 0.892. The Morgan fingerprint density at radius 2 is 2.28 bits per heavy atom. The van der Waals surface area contributed by atoms with E-state index in [9.17, 15) is 9.18 Å². The Bertz CT molecular complexity index is 611. The predicted molar refractivity (Wildman–Crippen MR) is 69.7 cm³/mol. The third kappa shape index (κ3) is 2.51. The molecule has 0 bridgehead atoms. The highest BCUT2D eigenvalue weighted by molar-refractivity contribution is 9.10. The maximum atomic E-state index is 13.5. The molecule has 1 aromatic heterocycles. The van der Waals surface area contributed by atoms with E-state index >= 15 is 0 Å². The van der Waals surface area contributed by atoms with Crippen molar-refractivity contribution in [2.45, 2.75) is 0 Å². The first-order valence-corrected chi connectivity index (χ1v) is 5.82. The normalized spacial score (nSPS) is 10.4. The Labute approximate surface area is 111 Å². The number of nitrogens with two attached hydrogens (primary N) is 1. The number of nitrogen functional groups attached to an aromatic ring is 1. The Morgan fingerprint density at radius 1 is 1.56 bits per heavy atom. The van der Waals surface area contributed by atoms with Crippen molar-refractivity contribution in [3.05, 3.63) is 40.4 Å². The van der Waals surface area contributed by atoms with Crippen LogP contribution in [-0.4, -0.2) is 15.7 Å². The number of aromatic nitrogens is 2. The molecule has 18 heavy (non-hydrogen) atoms. The largest absolute Gasteiger partial charge is 0.396 e. The maximum Gasteiger partial charge on any atom is 0.278 e. The van der Waals surface area contributed by atoms with Crippen molar-refractivity contribution in [2.24, 2.45) is 7.05 Å². The predicted octanol–water partition coefficient (Wildman–Crippen LogP) is 2.16. The molecule has 2 rings (SSSR count). The number of halogens is 2. The number of carbonyl (C=O) groups excluding carboxylic acids is 1. The zero-order valence-electron chi connectivity index (χ0n) is 9.45. The fraction of sp³-hybridized carbons (Fsp3) is 0.0909. The van der Waals surface area contributed by atoms with Gasteiger partial charge in [0.15, 0.2) is 5.69 Å². The molecule has 0 spiro atoms. The molecule has 3 N–H and O–H groups in total. The molecule has 0 saturated carbocycles. The highest BCUT2D eigenvalue weighted by atomic mass is 79.9. The average Bonchev–Trinajstić information content (AvgIpc) is 2.63. The first-order valence-electron chi connectivity index (χ1n) is 5.03. The van der Waals surface area contributed by atoms with Crippen LogP contribution in [0.25, 0.3) is 0 Å². The first kappa shape index (κ1) is 12.6. The molecule has 0 saturated heterocycles. The zero-order chi connectivity index (χ0) is 13.3. The number of nitrogens with one attached hydrogen (secondary N) is 1. The summed E-state index contributed by atoms with van der Waals surface area (Å²) in [5.74, 6) is -1.08. The summed E-state index contributed by atoms with van der Waals surface area (Å²) in [5.41, 5.74) is 5.99. The third-order valence-corrected chi connectivity index (χ3v) is 2.74. The lowest BCUT2D eigenvalue weighted by atomic mass is 10.3. The molecule has 0 fully saturated rings. The number of anilines is 2. The molecule has 0 unspecified atom stereocenters. The van der Waals surface area contributed by atoms with E-state index in [1.807, 2.05) is 0 Å². The molecule has 5 nitrogen and oxygen atoms in total. The molecular weight excluding hydrogens is 303 g/mol. The van der Waals surface area contributed by atoms with E-state index in [2.05, 4.69) is 26.3 Å². The number of hydrogen-bond donors (Lipinski definition) is 2. The summed E-state index contributed by atoms with van der Waals surface area (Å²) < 4.78 is 15.5. The van der Waals surface area contributed by atoms with E-state index in [0.29, 0.717) is 4.47 Å². The highest BCUT2D eigenvalue weighted by Crippen LogP contribution is 2.21. The summed E-state index contributed by atoms with van der Waals surface area (Å²) in [6.07, 6.45) is 1.51. The Kier molecular flexibility index (Phi) is 3.33. The number of rotatable bonds is 2. The Hall–Kier alpha value is -1.89. The van der Waals surface area contributed by atoms with Gasteiger partial charge in [-0.25, -0.2) is 4.39 Å². The van der Waals surface area contributed by atoms with E-state index in [0.717, 1.165) is 0 Å². The van der Waals surface area contributed by atoms with Gasteiger partial charge in [0, 0.05) is 17.7 Å². The number of nitrogens with zero attached hydrogens (tertiary/aromatic N) is 2. The second-order valence-electron chi connectivity index (χ2n) is 3.69. The van der Waals surface area contributed by atoms with Crippen LogP contribution in [0.1, 0.15) is 10.5 Å². The summed E-state index contributed by atoms with van der Waals surface area (Å²) in [6.45, 7) is 0. The van der Waals surface area contributed by atoms with Gasteiger partial charge in [-0.15, -0.1) is 0 Å². The van der Waals surface area contributed by atoms with Gasteiger partial charge in [-0.2, -0.15) is 5.10 Å². The van der Waals surface area contributed by atoms with Gasteiger partial charge >= 0.3 is 0 Å².